The molecule has 0 nitrogen and oxygen atoms in total. The van der Waals surface area contributed by atoms with Crippen molar-refractivity contribution in [2.45, 2.75) is 72.4 Å². The van der Waals surface area contributed by atoms with Crippen LogP contribution in [0.25, 0.3) is 54.2 Å². The van der Waals surface area contributed by atoms with Gasteiger partial charge in [0.15, 0.2) is 0 Å². The fraction of sp³-hybridized carbons (Fsp3) is 0.256. The molecule has 0 aliphatic rings. The fourth-order valence-electron chi connectivity index (χ4n) is 6.04. The van der Waals surface area contributed by atoms with Gasteiger partial charge in [-0.15, -0.1) is 74.3 Å². The van der Waals surface area contributed by atoms with Crippen LogP contribution in [-0.4, -0.2) is 5.43 Å². The minimum atomic E-state index is 0. The summed E-state index contributed by atoms with van der Waals surface area (Å²) in [5.41, 5.74) is 7.40. The van der Waals surface area contributed by atoms with Crippen molar-refractivity contribution < 1.29 is 48.1 Å². The predicted octanol–water partition coefficient (Wildman–Crippen LogP) is 6.79. The Morgan fingerprint density at radius 3 is 1.51 bits per heavy atom. The first-order chi connectivity index (χ1) is 21.2. The molecule has 7 aromatic rings. The molecule has 0 aromatic heterocycles. The van der Waals surface area contributed by atoms with Crippen LogP contribution in [0, 0.1) is 6.92 Å². The van der Waals surface area contributed by atoms with Crippen LogP contribution in [0.3, 0.4) is 0 Å². The van der Waals surface area contributed by atoms with Crippen LogP contribution in [0.1, 0.15) is 58.2 Å². The summed E-state index contributed by atoms with van der Waals surface area (Å²) >= 11 is 1.74. The molecule has 0 atom stereocenters. The number of aryl methyl sites for hydroxylation is 1. The SMILES string of the molecule is CC(C)(C)c1ccc2c(c1)[cH-]c1cc(C(C)(C)C)ccc12.C[Si](C)=[Zr+2].Cc1cc2c(-c3cccc4ccccc34)cccc2[cH-]1.[Cl-].[Cl-]. The maximum atomic E-state index is 2.35. The van der Waals surface area contributed by atoms with Gasteiger partial charge in [-0.1, -0.05) is 138 Å². The Bertz CT molecular complexity index is 2060. The molecule has 0 radical (unpaired) electrons. The molecule has 0 spiro atoms. The van der Waals surface area contributed by atoms with Crippen molar-refractivity contribution in [1.29, 1.82) is 0 Å². The Morgan fingerprint density at radius 1 is 0.511 bits per heavy atom. The summed E-state index contributed by atoms with van der Waals surface area (Å²) in [4.78, 5) is 0. The van der Waals surface area contributed by atoms with E-state index in [1.165, 1.54) is 70.9 Å². The van der Waals surface area contributed by atoms with E-state index < -0.39 is 0 Å². The van der Waals surface area contributed by atoms with Crippen LogP contribution in [0.5, 0.6) is 0 Å². The van der Waals surface area contributed by atoms with Gasteiger partial charge in [0.25, 0.3) is 0 Å². The van der Waals surface area contributed by atoms with Crippen LogP contribution in [0.15, 0.2) is 115 Å². The van der Waals surface area contributed by atoms with Crippen molar-refractivity contribution in [3.63, 3.8) is 0 Å². The Morgan fingerprint density at radius 2 is 0.979 bits per heavy atom. The van der Waals surface area contributed by atoms with E-state index in [0.29, 0.717) is 0 Å². The van der Waals surface area contributed by atoms with Crippen LogP contribution in [0.4, 0.5) is 0 Å². The van der Waals surface area contributed by atoms with E-state index in [4.69, 9.17) is 0 Å². The van der Waals surface area contributed by atoms with Crippen LogP contribution in [-0.2, 0) is 34.2 Å². The van der Waals surface area contributed by atoms with Gasteiger partial charge in [-0.3, -0.25) is 0 Å². The van der Waals surface area contributed by atoms with Gasteiger partial charge in [0, 0.05) is 0 Å². The van der Waals surface area contributed by atoms with Gasteiger partial charge >= 0.3 is 41.9 Å². The van der Waals surface area contributed by atoms with Crippen LogP contribution in [0.2, 0.25) is 13.1 Å². The third kappa shape index (κ3) is 9.16. The Hall–Kier alpha value is -2.48. The van der Waals surface area contributed by atoms with Gasteiger partial charge in [0.1, 0.15) is 0 Å². The van der Waals surface area contributed by atoms with Gasteiger partial charge in [0.2, 0.25) is 0 Å². The third-order valence-electron chi connectivity index (χ3n) is 8.41. The summed E-state index contributed by atoms with van der Waals surface area (Å²) in [6, 6.07) is 42.4. The fourth-order valence-corrected chi connectivity index (χ4v) is 6.04. The number of hydrogen-bond donors (Lipinski definition) is 0. The molecule has 0 saturated heterocycles. The minimum absolute atomic E-state index is 0. The first kappa shape index (κ1) is 39.0. The molecule has 0 amide bonds. The first-order valence-electron chi connectivity index (χ1n) is 16.0. The second kappa shape index (κ2) is 15.8. The molecule has 7 rings (SSSR count). The Labute approximate surface area is 309 Å². The molecular formula is C43H46Cl2SiZr-2. The average molecular weight is 753 g/mol. The number of benzene rings is 5. The number of hydrogen-bond acceptors (Lipinski definition) is 0. The van der Waals surface area contributed by atoms with Crippen molar-refractivity contribution in [2.24, 2.45) is 0 Å². The summed E-state index contributed by atoms with van der Waals surface area (Å²) < 4.78 is 0. The summed E-state index contributed by atoms with van der Waals surface area (Å²) in [5, 5.41) is 10.8. The van der Waals surface area contributed by atoms with Gasteiger partial charge < -0.3 is 24.8 Å². The molecule has 0 aliphatic carbocycles. The molecule has 7 aromatic carbocycles. The van der Waals surface area contributed by atoms with Gasteiger partial charge in [-0.25, -0.2) is 0 Å². The molecule has 4 heteroatoms. The summed E-state index contributed by atoms with van der Waals surface area (Å²) in [6.07, 6.45) is 0. The van der Waals surface area contributed by atoms with Crippen molar-refractivity contribution >= 4 is 48.5 Å². The number of halogens is 2. The first-order valence-corrected chi connectivity index (χ1v) is 22.2. The molecule has 0 fully saturated rings. The zero-order valence-corrected chi connectivity index (χ0v) is 34.2. The molecular weight excluding hydrogens is 707 g/mol. The second-order valence-corrected chi connectivity index (χ2v) is 24.0. The van der Waals surface area contributed by atoms with E-state index >= 15 is 0 Å². The van der Waals surface area contributed by atoms with Gasteiger partial charge in [-0.2, -0.15) is 6.07 Å². The largest absolute Gasteiger partial charge is 1.00 e. The van der Waals surface area contributed by atoms with Crippen molar-refractivity contribution in [3.05, 3.63) is 132 Å². The molecule has 0 bridgehead atoms. The van der Waals surface area contributed by atoms with Crippen molar-refractivity contribution in [1.82, 2.24) is 0 Å². The summed E-state index contributed by atoms with van der Waals surface area (Å²) in [6.45, 7) is 20.4. The van der Waals surface area contributed by atoms with Crippen LogP contribution >= 0.6 is 0 Å². The zero-order chi connectivity index (χ0) is 32.5. The van der Waals surface area contributed by atoms with Crippen molar-refractivity contribution in [2.75, 3.05) is 0 Å². The normalized spacial score (nSPS) is 11.3. The zero-order valence-electron chi connectivity index (χ0n) is 29.2. The molecule has 0 aliphatic heterocycles. The number of rotatable bonds is 1. The smallest absolute Gasteiger partial charge is 0.0114 e. The molecule has 0 N–H and O–H groups in total. The summed E-state index contributed by atoms with van der Waals surface area (Å²) in [7, 11) is 0. The Balaban J connectivity index is 0.000000221. The molecule has 0 saturated carbocycles. The second-order valence-electron chi connectivity index (χ2n) is 14.6. The van der Waals surface area contributed by atoms with E-state index in [1.54, 1.807) is 23.3 Å². The Kier molecular flexibility index (Phi) is 13.1. The molecule has 0 unspecified atom stereocenters. The quantitative estimate of drug-likeness (QED) is 0.128. The average Bonchev–Trinajstić information content (AvgIpc) is 3.54. The third-order valence-corrected chi connectivity index (χ3v) is 8.41. The maximum absolute atomic E-state index is 2.35. The molecule has 0 heterocycles. The molecule has 47 heavy (non-hydrogen) atoms. The van der Waals surface area contributed by atoms with Gasteiger partial charge in [-0.05, 0) is 27.2 Å². The van der Waals surface area contributed by atoms with E-state index in [0.717, 1.165) is 0 Å². The minimum Gasteiger partial charge on any atom is -1.00 e. The summed E-state index contributed by atoms with van der Waals surface area (Å²) in [5.74, 6) is 0. The van der Waals surface area contributed by atoms with Crippen LogP contribution < -0.4 is 24.8 Å². The topological polar surface area (TPSA) is 0 Å². The van der Waals surface area contributed by atoms with E-state index in [2.05, 4.69) is 177 Å². The van der Waals surface area contributed by atoms with Gasteiger partial charge in [0.05, 0.1) is 0 Å². The van der Waals surface area contributed by atoms with E-state index in [1.807, 2.05) is 0 Å². The van der Waals surface area contributed by atoms with Crippen molar-refractivity contribution in [3.8, 4) is 11.1 Å². The monoisotopic (exact) mass is 750 g/mol. The predicted molar refractivity (Wildman–Crippen MR) is 199 cm³/mol. The number of fused-ring (bicyclic) bond motifs is 5. The van der Waals surface area contributed by atoms with E-state index in [9.17, 15) is 0 Å². The standard InChI is InChI=1S/C21H25.C20H15.C2H6Si.2ClH.Zr/c1-20(2,3)16-7-9-18-14(12-16)11-15-13-17(21(4,5)6)8-10-19(15)18;1-14-12-16-8-5-11-19(20(16)13-14)18-10-4-7-15-6-2-3-9-17(15)18;1-3-2;;;/h7-13H,1-6H3;2-13H,1H3;1-2H3;2*1H;/q2*-1;;;;+2/p-2. The van der Waals surface area contributed by atoms with E-state index in [-0.39, 0.29) is 41.1 Å². The maximum Gasteiger partial charge on any atom is -0.0114 e. The molecule has 242 valence electrons.